The average Bonchev–Trinajstić information content (AvgIpc) is 3.07. The van der Waals surface area contributed by atoms with Crippen molar-refractivity contribution in [2.24, 2.45) is 0 Å². The van der Waals surface area contributed by atoms with Crippen LogP contribution in [0.4, 0.5) is 0 Å². The van der Waals surface area contributed by atoms with E-state index in [1.807, 2.05) is 24.3 Å². The number of nitrogens with zero attached hydrogens (tertiary/aromatic N) is 2. The van der Waals surface area contributed by atoms with E-state index in [1.165, 1.54) is 0 Å². The van der Waals surface area contributed by atoms with Gasteiger partial charge in [0, 0.05) is 39.3 Å². The Balaban J connectivity index is 2.08. The molecule has 150 valence electrons. The van der Waals surface area contributed by atoms with Crippen LogP contribution < -0.4 is 9.47 Å². The maximum atomic E-state index is 11.4. The molecule has 0 saturated carbocycles. The van der Waals surface area contributed by atoms with Gasteiger partial charge in [-0.05, 0) is 24.1 Å². The van der Waals surface area contributed by atoms with Crippen LogP contribution in [0.5, 0.6) is 11.5 Å². The molecule has 29 heavy (non-hydrogen) atoms. The Bertz CT molecular complexity index is 1100. The zero-order valence-corrected chi connectivity index (χ0v) is 17.8. The summed E-state index contributed by atoms with van der Waals surface area (Å²) in [6, 6.07) is 9.96. The fourth-order valence-corrected chi connectivity index (χ4v) is 4.37. The van der Waals surface area contributed by atoms with Crippen LogP contribution in [-0.2, 0) is 6.54 Å². The Kier molecular flexibility index (Phi) is 5.32. The van der Waals surface area contributed by atoms with E-state index in [9.17, 15) is 10.1 Å². The molecule has 0 saturated heterocycles. The number of halogens is 1. The molecule has 1 atom stereocenters. The maximum Gasteiger partial charge on any atom is 0.211 e. The van der Waals surface area contributed by atoms with Crippen LogP contribution in [0.3, 0.4) is 0 Å². The van der Waals surface area contributed by atoms with E-state index in [1.54, 1.807) is 14.2 Å². The van der Waals surface area contributed by atoms with Gasteiger partial charge in [-0.2, -0.15) is 0 Å². The minimum atomic E-state index is -0.281. The Morgan fingerprint density at radius 3 is 2.55 bits per heavy atom. The van der Waals surface area contributed by atoms with Crippen molar-refractivity contribution in [1.29, 1.82) is 0 Å². The van der Waals surface area contributed by atoms with Gasteiger partial charge in [0.1, 0.15) is 11.5 Å². The lowest BCUT2D eigenvalue weighted by atomic mass is 9.90. The largest absolute Gasteiger partial charge is 0.496 e. The summed E-state index contributed by atoms with van der Waals surface area (Å²) in [4.78, 5) is 11.1. The minimum absolute atomic E-state index is 0.152. The highest BCUT2D eigenvalue weighted by Crippen LogP contribution is 2.46. The number of methoxy groups -OCH3 is 2. The molecule has 0 radical (unpaired) electrons. The quantitative estimate of drug-likeness (QED) is 0.292. The van der Waals surface area contributed by atoms with E-state index in [0.717, 1.165) is 32.1 Å². The Hall–Kier alpha value is -2.80. The smallest absolute Gasteiger partial charge is 0.211 e. The van der Waals surface area contributed by atoms with E-state index < -0.39 is 0 Å². The molecule has 0 N–H and O–H groups in total. The standard InChI is InChI=1S/C22H21BrN2O4/c1-28-18-11-19(29-2)21-17(14-6-8-16(23)9-7-14)13-24-10-4-3-5-15(12-25(26)27)20(18)22(21)24/h3-4,6-9,11,13,15H,5,10,12H2,1-2H3/b4-3-. The molecule has 0 amide bonds. The highest BCUT2D eigenvalue weighted by atomic mass is 79.9. The van der Waals surface area contributed by atoms with Crippen LogP contribution in [0.15, 0.2) is 53.2 Å². The summed E-state index contributed by atoms with van der Waals surface area (Å²) in [5.41, 5.74) is 3.90. The van der Waals surface area contributed by atoms with Crippen molar-refractivity contribution in [3.8, 4) is 22.6 Å². The van der Waals surface area contributed by atoms with Gasteiger partial charge in [-0.25, -0.2) is 0 Å². The Morgan fingerprint density at radius 1 is 1.17 bits per heavy atom. The fourth-order valence-electron chi connectivity index (χ4n) is 4.11. The van der Waals surface area contributed by atoms with Crippen LogP contribution in [0.1, 0.15) is 17.9 Å². The van der Waals surface area contributed by atoms with Gasteiger partial charge >= 0.3 is 0 Å². The summed E-state index contributed by atoms with van der Waals surface area (Å²) in [6.45, 7) is 0.530. The zero-order valence-electron chi connectivity index (χ0n) is 16.2. The first-order valence-electron chi connectivity index (χ1n) is 9.34. The topological polar surface area (TPSA) is 66.5 Å². The van der Waals surface area contributed by atoms with Crippen molar-refractivity contribution in [2.75, 3.05) is 20.8 Å². The molecule has 7 heteroatoms. The first-order chi connectivity index (χ1) is 14.0. The van der Waals surface area contributed by atoms with Gasteiger partial charge in [-0.15, -0.1) is 0 Å². The second kappa shape index (κ2) is 7.91. The summed E-state index contributed by atoms with van der Waals surface area (Å²) in [5.74, 6) is 1.04. The van der Waals surface area contributed by atoms with E-state index in [-0.39, 0.29) is 17.4 Å². The molecule has 1 aromatic heterocycles. The maximum absolute atomic E-state index is 11.4. The zero-order chi connectivity index (χ0) is 20.5. The lowest BCUT2D eigenvalue weighted by Crippen LogP contribution is -2.16. The predicted molar refractivity (Wildman–Crippen MR) is 117 cm³/mol. The molecule has 2 heterocycles. The third-order valence-corrected chi connectivity index (χ3v) is 5.90. The van der Waals surface area contributed by atoms with Gasteiger partial charge < -0.3 is 14.0 Å². The lowest BCUT2D eigenvalue weighted by Gasteiger charge is -2.21. The van der Waals surface area contributed by atoms with Gasteiger partial charge in [-0.1, -0.05) is 40.2 Å². The molecule has 0 bridgehead atoms. The third-order valence-electron chi connectivity index (χ3n) is 5.37. The van der Waals surface area contributed by atoms with Gasteiger partial charge in [0.25, 0.3) is 0 Å². The van der Waals surface area contributed by atoms with Crippen molar-refractivity contribution in [3.05, 3.63) is 68.8 Å². The molecular weight excluding hydrogens is 436 g/mol. The Labute approximate surface area is 177 Å². The number of aromatic nitrogens is 1. The molecule has 0 fully saturated rings. The van der Waals surface area contributed by atoms with Crippen molar-refractivity contribution in [1.82, 2.24) is 4.57 Å². The molecule has 2 aromatic carbocycles. The monoisotopic (exact) mass is 456 g/mol. The number of benzene rings is 2. The van der Waals surface area contributed by atoms with Gasteiger partial charge in [0.15, 0.2) is 0 Å². The van der Waals surface area contributed by atoms with E-state index in [0.29, 0.717) is 24.5 Å². The molecule has 1 aliphatic rings. The minimum Gasteiger partial charge on any atom is -0.496 e. The summed E-state index contributed by atoms with van der Waals surface area (Å²) in [6.07, 6.45) is 6.77. The SMILES string of the molecule is COc1cc(OC)c2c(-c3ccc(Br)cc3)cn3c2c1C(C[N+](=O)[O-])C/C=C\C3. The van der Waals surface area contributed by atoms with Gasteiger partial charge in [-0.3, -0.25) is 10.1 Å². The molecule has 4 rings (SSSR count). The number of ether oxygens (including phenoxy) is 2. The van der Waals surface area contributed by atoms with Crippen LogP contribution >= 0.6 is 15.9 Å². The number of nitro groups is 1. The van der Waals surface area contributed by atoms with Crippen LogP contribution in [0.25, 0.3) is 22.0 Å². The van der Waals surface area contributed by atoms with Crippen LogP contribution in [-0.4, -0.2) is 30.3 Å². The highest BCUT2D eigenvalue weighted by Gasteiger charge is 2.29. The first-order valence-corrected chi connectivity index (χ1v) is 10.1. The van der Waals surface area contributed by atoms with E-state index in [2.05, 4.69) is 44.9 Å². The summed E-state index contributed by atoms with van der Waals surface area (Å²) in [5, 5.41) is 12.3. The molecular formula is C22H21BrN2O4. The lowest BCUT2D eigenvalue weighted by molar-refractivity contribution is -0.483. The Morgan fingerprint density at radius 2 is 1.90 bits per heavy atom. The van der Waals surface area contributed by atoms with Crippen molar-refractivity contribution >= 4 is 26.8 Å². The van der Waals surface area contributed by atoms with Crippen molar-refractivity contribution in [2.45, 2.75) is 18.9 Å². The van der Waals surface area contributed by atoms with Gasteiger partial charge in [0.2, 0.25) is 6.54 Å². The molecule has 0 aliphatic carbocycles. The second-order valence-electron chi connectivity index (χ2n) is 7.04. The summed E-state index contributed by atoms with van der Waals surface area (Å²) < 4.78 is 14.5. The van der Waals surface area contributed by atoms with Crippen molar-refractivity contribution in [3.63, 3.8) is 0 Å². The molecule has 1 aliphatic heterocycles. The second-order valence-corrected chi connectivity index (χ2v) is 7.96. The fraction of sp³-hybridized carbons (Fsp3) is 0.273. The van der Waals surface area contributed by atoms with Crippen molar-refractivity contribution < 1.29 is 14.4 Å². The molecule has 0 spiro atoms. The van der Waals surface area contributed by atoms with Crippen LogP contribution in [0.2, 0.25) is 0 Å². The molecule has 6 nitrogen and oxygen atoms in total. The highest BCUT2D eigenvalue weighted by molar-refractivity contribution is 9.10. The molecule has 3 aromatic rings. The van der Waals surface area contributed by atoms with E-state index in [4.69, 9.17) is 9.47 Å². The summed E-state index contributed by atoms with van der Waals surface area (Å²) in [7, 11) is 3.23. The molecule has 1 unspecified atom stereocenters. The van der Waals surface area contributed by atoms with E-state index >= 15 is 0 Å². The normalized spacial score (nSPS) is 16.9. The number of rotatable bonds is 5. The number of hydrogen-bond donors (Lipinski definition) is 0. The number of allylic oxidation sites excluding steroid dienone is 2. The van der Waals surface area contributed by atoms with Gasteiger partial charge in [0.05, 0.1) is 31.0 Å². The third kappa shape index (κ3) is 3.51. The van der Waals surface area contributed by atoms with Crippen LogP contribution in [0, 0.1) is 10.1 Å². The summed E-state index contributed by atoms with van der Waals surface area (Å²) >= 11 is 3.49. The average molecular weight is 457 g/mol. The predicted octanol–water partition coefficient (Wildman–Crippen LogP) is 5.41. The first kappa shape index (κ1) is 19.5. The number of hydrogen-bond acceptors (Lipinski definition) is 4.